The quantitative estimate of drug-likeness (QED) is 0.610. The van der Waals surface area contributed by atoms with E-state index in [0.717, 1.165) is 4.68 Å². The van der Waals surface area contributed by atoms with E-state index in [4.69, 9.17) is 28.5 Å². The number of aromatic amines is 2. The largest absolute Gasteiger partial charge is 0.349 e. The van der Waals surface area contributed by atoms with Gasteiger partial charge in [-0.3, -0.25) is 14.6 Å². The van der Waals surface area contributed by atoms with E-state index < -0.39 is 16.9 Å². The van der Waals surface area contributed by atoms with E-state index in [1.54, 1.807) is 12.1 Å². The number of benzene rings is 1. The van der Waals surface area contributed by atoms with Crippen LogP contribution in [0.2, 0.25) is 10.0 Å². The summed E-state index contributed by atoms with van der Waals surface area (Å²) in [5.74, 6) is 0.0151. The Morgan fingerprint density at radius 1 is 1.10 bits per heavy atom. The van der Waals surface area contributed by atoms with Crippen LogP contribution in [0.4, 0.5) is 0 Å². The fraction of sp³-hybridized carbons (Fsp3) is 0.300. The maximum atomic E-state index is 12.0. The van der Waals surface area contributed by atoms with Crippen LogP contribution in [-0.4, -0.2) is 25.0 Å². The molecule has 0 amide bonds. The summed E-state index contributed by atoms with van der Waals surface area (Å²) in [7, 11) is 0. The molecule has 2 N–H and O–H groups in total. The first-order valence-electron chi connectivity index (χ1n) is 9.41. The second-order valence-corrected chi connectivity index (χ2v) is 7.31. The van der Waals surface area contributed by atoms with Crippen molar-refractivity contribution in [3.63, 3.8) is 0 Å². The molecule has 1 aromatic carbocycles. The highest BCUT2D eigenvalue weighted by Crippen LogP contribution is 2.29. The molecular weight excluding hydrogens is 443 g/mol. The maximum Gasteiger partial charge on any atom is 0.349 e. The number of nitrogens with one attached hydrogen (secondary N) is 2. The first-order valence-corrected chi connectivity index (χ1v) is 10.2. The number of halogens is 2. The molecule has 0 atom stereocenters. The number of nitriles is 1. The molecule has 0 saturated heterocycles. The summed E-state index contributed by atoms with van der Waals surface area (Å²) < 4.78 is 0.830. The molecular formula is C20H20Cl2N6O3. The predicted molar refractivity (Wildman–Crippen MR) is 118 cm³/mol. The van der Waals surface area contributed by atoms with Gasteiger partial charge in [0.2, 0.25) is 5.69 Å². The monoisotopic (exact) mass is 462 g/mol. The smallest absolute Gasteiger partial charge is 0.270 e. The number of hydrogen-bond acceptors (Lipinski definition) is 6. The predicted octanol–water partition coefficient (Wildman–Crippen LogP) is 2.92. The van der Waals surface area contributed by atoms with E-state index in [1.165, 1.54) is 12.1 Å². The van der Waals surface area contributed by atoms with E-state index in [-0.39, 0.29) is 33.6 Å². The second-order valence-electron chi connectivity index (χ2n) is 6.49. The first-order chi connectivity index (χ1) is 14.7. The summed E-state index contributed by atoms with van der Waals surface area (Å²) in [6.07, 6.45) is 0.242. The van der Waals surface area contributed by atoms with Gasteiger partial charge in [-0.05, 0) is 29.7 Å². The Balaban J connectivity index is 0.00000166. The molecule has 0 unspecified atom stereocenters. The number of H-pyrrole nitrogens is 2. The summed E-state index contributed by atoms with van der Waals surface area (Å²) in [6, 6.07) is 6.17. The van der Waals surface area contributed by atoms with Crippen molar-refractivity contribution in [2.24, 2.45) is 0 Å². The minimum Gasteiger partial charge on any atom is -0.270 e. The standard InChI is InChI=1S/C18H14Cl2N6O3.C2H6/c1-8(2)11-3-9(23-24-16(11)27)4-12-13(19)5-10(6-14(12)20)26-18(29)22-17(28)15(7-21)25-26;1-2/h3,5-6,8H,4H2,1-2H3,(H,24,27)(H,22,28,29);1-2H3. The minimum absolute atomic E-state index is 0.0151. The van der Waals surface area contributed by atoms with Gasteiger partial charge in [-0.2, -0.15) is 15.0 Å². The molecule has 11 heteroatoms. The minimum atomic E-state index is -0.882. The van der Waals surface area contributed by atoms with Gasteiger partial charge in [-0.15, -0.1) is 5.10 Å². The van der Waals surface area contributed by atoms with Crippen molar-refractivity contribution in [2.45, 2.75) is 40.0 Å². The third-order valence-electron chi connectivity index (χ3n) is 4.17. The number of nitrogens with zero attached hydrogens (tertiary/aromatic N) is 4. The molecule has 2 aromatic heterocycles. The molecule has 31 heavy (non-hydrogen) atoms. The van der Waals surface area contributed by atoms with E-state index in [2.05, 4.69) is 15.3 Å². The molecule has 0 radical (unpaired) electrons. The summed E-state index contributed by atoms with van der Waals surface area (Å²) in [5.41, 5.74) is -0.580. The van der Waals surface area contributed by atoms with Crippen LogP contribution >= 0.6 is 23.2 Å². The van der Waals surface area contributed by atoms with Crippen LogP contribution in [0.3, 0.4) is 0 Å². The molecule has 0 bridgehead atoms. The lowest BCUT2D eigenvalue weighted by atomic mass is 10.0. The Morgan fingerprint density at radius 2 is 1.71 bits per heavy atom. The zero-order valence-electron chi connectivity index (χ0n) is 17.3. The topological polar surface area (TPSA) is 137 Å². The molecule has 0 aliphatic heterocycles. The molecule has 0 fully saturated rings. The fourth-order valence-corrected chi connectivity index (χ4v) is 3.30. The Hall–Kier alpha value is -3.22. The van der Waals surface area contributed by atoms with Gasteiger partial charge in [-0.25, -0.2) is 9.89 Å². The van der Waals surface area contributed by atoms with Crippen LogP contribution in [0.5, 0.6) is 0 Å². The third-order valence-corrected chi connectivity index (χ3v) is 4.84. The lowest BCUT2D eigenvalue weighted by Gasteiger charge is -2.11. The van der Waals surface area contributed by atoms with Crippen LogP contribution in [-0.2, 0) is 6.42 Å². The van der Waals surface area contributed by atoms with Crippen molar-refractivity contribution in [3.8, 4) is 11.8 Å². The third kappa shape index (κ3) is 5.29. The normalized spacial score (nSPS) is 10.4. The molecule has 162 valence electrons. The fourth-order valence-electron chi connectivity index (χ4n) is 2.69. The highest BCUT2D eigenvalue weighted by molar-refractivity contribution is 6.36. The average molecular weight is 463 g/mol. The molecule has 0 aliphatic carbocycles. The van der Waals surface area contributed by atoms with Crippen LogP contribution in [0.1, 0.15) is 56.1 Å². The Labute approximate surface area is 187 Å². The Bertz CT molecular complexity index is 1290. The summed E-state index contributed by atoms with van der Waals surface area (Å²) in [5, 5.41) is 19.6. The highest BCUT2D eigenvalue weighted by Gasteiger charge is 2.15. The van der Waals surface area contributed by atoms with Gasteiger partial charge in [0.25, 0.3) is 11.1 Å². The van der Waals surface area contributed by atoms with E-state index in [9.17, 15) is 14.4 Å². The van der Waals surface area contributed by atoms with Crippen molar-refractivity contribution in [3.05, 3.63) is 82.0 Å². The van der Waals surface area contributed by atoms with E-state index >= 15 is 0 Å². The van der Waals surface area contributed by atoms with Gasteiger partial charge in [0.15, 0.2) is 0 Å². The summed E-state index contributed by atoms with van der Waals surface area (Å²) in [4.78, 5) is 37.4. The first kappa shape index (κ1) is 24.1. The van der Waals surface area contributed by atoms with Gasteiger partial charge in [0, 0.05) is 22.0 Å². The van der Waals surface area contributed by atoms with Crippen molar-refractivity contribution in [1.82, 2.24) is 25.0 Å². The van der Waals surface area contributed by atoms with Gasteiger partial charge in [0.1, 0.15) is 6.07 Å². The maximum absolute atomic E-state index is 12.0. The SMILES string of the molecule is CC.CC(C)c1cc(Cc2c(Cl)cc(-n3nc(C#N)c(=O)[nH]c3=O)cc2Cl)n[nH]c1=O. The van der Waals surface area contributed by atoms with Crippen LogP contribution in [0, 0.1) is 11.3 Å². The molecule has 2 heterocycles. The van der Waals surface area contributed by atoms with Crippen LogP contribution in [0.25, 0.3) is 5.69 Å². The van der Waals surface area contributed by atoms with Crippen molar-refractivity contribution in [2.75, 3.05) is 0 Å². The van der Waals surface area contributed by atoms with Crippen molar-refractivity contribution >= 4 is 23.2 Å². The van der Waals surface area contributed by atoms with Gasteiger partial charge in [-0.1, -0.05) is 50.9 Å². The van der Waals surface area contributed by atoms with Crippen molar-refractivity contribution < 1.29 is 0 Å². The molecule has 3 aromatic rings. The van der Waals surface area contributed by atoms with Crippen molar-refractivity contribution in [1.29, 1.82) is 5.26 Å². The zero-order chi connectivity index (χ0) is 23.3. The van der Waals surface area contributed by atoms with Gasteiger partial charge < -0.3 is 0 Å². The molecule has 0 spiro atoms. The van der Waals surface area contributed by atoms with Crippen LogP contribution < -0.4 is 16.8 Å². The summed E-state index contributed by atoms with van der Waals surface area (Å²) in [6.45, 7) is 7.79. The number of rotatable bonds is 4. The zero-order valence-corrected chi connectivity index (χ0v) is 18.8. The lowest BCUT2D eigenvalue weighted by Crippen LogP contribution is -2.33. The van der Waals surface area contributed by atoms with E-state index in [0.29, 0.717) is 16.8 Å². The Morgan fingerprint density at radius 3 is 2.26 bits per heavy atom. The molecule has 3 rings (SSSR count). The second kappa shape index (κ2) is 10.2. The van der Waals surface area contributed by atoms with E-state index in [1.807, 2.05) is 32.7 Å². The Kier molecular flexibility index (Phi) is 7.91. The number of hydrogen-bond donors (Lipinski definition) is 2. The summed E-state index contributed by atoms with van der Waals surface area (Å²) >= 11 is 12.7. The number of aromatic nitrogens is 5. The molecule has 0 saturated carbocycles. The molecule has 0 aliphatic rings. The van der Waals surface area contributed by atoms with Gasteiger partial charge in [0.05, 0.1) is 11.4 Å². The highest BCUT2D eigenvalue weighted by atomic mass is 35.5. The van der Waals surface area contributed by atoms with Gasteiger partial charge >= 0.3 is 5.69 Å². The molecule has 9 nitrogen and oxygen atoms in total. The lowest BCUT2D eigenvalue weighted by molar-refractivity contribution is 0.740. The average Bonchev–Trinajstić information content (AvgIpc) is 2.73. The van der Waals surface area contributed by atoms with Crippen LogP contribution in [0.15, 0.2) is 32.6 Å².